The first kappa shape index (κ1) is 8.88. The molecule has 0 aromatic carbocycles. The van der Waals surface area contributed by atoms with E-state index in [4.69, 9.17) is 15.2 Å². The Morgan fingerprint density at radius 3 is 2.33 bits per heavy atom. The Morgan fingerprint density at radius 1 is 1.44 bits per heavy atom. The van der Waals surface area contributed by atoms with Gasteiger partial charge in [-0.15, -0.1) is 0 Å². The predicted octanol–water partition coefficient (Wildman–Crippen LogP) is -0.00500. The van der Waals surface area contributed by atoms with Crippen molar-refractivity contribution in [1.29, 1.82) is 0 Å². The van der Waals surface area contributed by atoms with Crippen LogP contribution in [0.1, 0.15) is 6.92 Å². The molecule has 0 saturated heterocycles. The second-order valence-corrected chi connectivity index (χ2v) is 2.06. The van der Waals surface area contributed by atoms with Crippen LogP contribution >= 0.6 is 0 Å². The molecule has 3 nitrogen and oxygen atoms in total. The van der Waals surface area contributed by atoms with Crippen molar-refractivity contribution in [3.8, 4) is 0 Å². The smallest absolute Gasteiger partial charge is 0.0716 e. The lowest BCUT2D eigenvalue weighted by Crippen LogP contribution is -2.37. The first-order valence-electron chi connectivity index (χ1n) is 2.99. The average molecular weight is 133 g/mol. The molecule has 0 amide bonds. The minimum atomic E-state index is -0.0139. The Morgan fingerprint density at radius 2 is 2.00 bits per heavy atom. The molecule has 0 aromatic rings. The summed E-state index contributed by atoms with van der Waals surface area (Å²) in [5.74, 6) is 0. The highest BCUT2D eigenvalue weighted by Crippen LogP contribution is 1.93. The molecule has 0 bridgehead atoms. The van der Waals surface area contributed by atoms with Crippen molar-refractivity contribution in [2.45, 2.75) is 19.1 Å². The zero-order valence-corrected chi connectivity index (χ0v) is 6.26. The van der Waals surface area contributed by atoms with Crippen LogP contribution in [0.3, 0.4) is 0 Å². The van der Waals surface area contributed by atoms with Crippen molar-refractivity contribution in [2.75, 3.05) is 20.8 Å². The second kappa shape index (κ2) is 4.73. The summed E-state index contributed by atoms with van der Waals surface area (Å²) in [5.41, 5.74) is 5.59. The molecule has 2 N–H and O–H groups in total. The van der Waals surface area contributed by atoms with Crippen molar-refractivity contribution >= 4 is 0 Å². The minimum absolute atomic E-state index is 0.0139. The SMILES string of the molecule is COCC(N)C(C)OC. The van der Waals surface area contributed by atoms with Gasteiger partial charge in [0.1, 0.15) is 0 Å². The van der Waals surface area contributed by atoms with Gasteiger partial charge in [-0.25, -0.2) is 0 Å². The van der Waals surface area contributed by atoms with E-state index in [0.29, 0.717) is 6.61 Å². The van der Waals surface area contributed by atoms with E-state index in [1.54, 1.807) is 14.2 Å². The minimum Gasteiger partial charge on any atom is -0.383 e. The van der Waals surface area contributed by atoms with E-state index in [2.05, 4.69) is 0 Å². The fourth-order valence-corrected chi connectivity index (χ4v) is 0.503. The topological polar surface area (TPSA) is 44.5 Å². The standard InChI is InChI=1S/C6H15NO2/c1-5(9-3)6(7)4-8-2/h5-6H,4,7H2,1-3H3. The third-order valence-corrected chi connectivity index (χ3v) is 1.33. The monoisotopic (exact) mass is 133 g/mol. The number of hydrogen-bond acceptors (Lipinski definition) is 3. The molecule has 0 aromatic heterocycles. The zero-order chi connectivity index (χ0) is 7.28. The Bertz CT molecular complexity index is 68.1. The molecule has 0 aliphatic carbocycles. The Labute approximate surface area is 56.1 Å². The predicted molar refractivity (Wildman–Crippen MR) is 36.3 cm³/mol. The molecule has 2 atom stereocenters. The summed E-state index contributed by atoms with van der Waals surface area (Å²) >= 11 is 0. The lowest BCUT2D eigenvalue weighted by atomic mass is 10.2. The van der Waals surface area contributed by atoms with E-state index >= 15 is 0 Å². The highest BCUT2D eigenvalue weighted by Gasteiger charge is 2.09. The van der Waals surface area contributed by atoms with Crippen LogP contribution in [0.15, 0.2) is 0 Å². The number of methoxy groups -OCH3 is 2. The lowest BCUT2D eigenvalue weighted by Gasteiger charge is -2.16. The van der Waals surface area contributed by atoms with Gasteiger partial charge in [0.15, 0.2) is 0 Å². The highest BCUT2D eigenvalue weighted by atomic mass is 16.5. The van der Waals surface area contributed by atoms with Crippen LogP contribution in [0, 0.1) is 0 Å². The molecule has 0 aliphatic heterocycles. The van der Waals surface area contributed by atoms with Gasteiger partial charge in [0.05, 0.1) is 18.8 Å². The van der Waals surface area contributed by atoms with Crippen molar-refractivity contribution in [2.24, 2.45) is 5.73 Å². The molecular formula is C6H15NO2. The summed E-state index contributed by atoms with van der Waals surface area (Å²) in [7, 11) is 3.27. The summed E-state index contributed by atoms with van der Waals surface area (Å²) in [5, 5.41) is 0. The first-order chi connectivity index (χ1) is 4.22. The zero-order valence-electron chi connectivity index (χ0n) is 6.26. The van der Waals surface area contributed by atoms with Gasteiger partial charge >= 0.3 is 0 Å². The van der Waals surface area contributed by atoms with Crippen molar-refractivity contribution < 1.29 is 9.47 Å². The molecule has 9 heavy (non-hydrogen) atoms. The van der Waals surface area contributed by atoms with E-state index in [1.807, 2.05) is 6.92 Å². The number of hydrogen-bond donors (Lipinski definition) is 1. The van der Waals surface area contributed by atoms with Crippen LogP contribution in [0.25, 0.3) is 0 Å². The maximum Gasteiger partial charge on any atom is 0.0716 e. The quantitative estimate of drug-likeness (QED) is 0.587. The molecule has 0 saturated carbocycles. The normalized spacial score (nSPS) is 17.3. The van der Waals surface area contributed by atoms with E-state index in [-0.39, 0.29) is 12.1 Å². The van der Waals surface area contributed by atoms with Crippen molar-refractivity contribution in [1.82, 2.24) is 0 Å². The Balaban J connectivity index is 3.32. The van der Waals surface area contributed by atoms with Gasteiger partial charge in [-0.3, -0.25) is 0 Å². The Kier molecular flexibility index (Phi) is 4.67. The molecule has 0 radical (unpaired) electrons. The van der Waals surface area contributed by atoms with Crippen LogP contribution in [0.5, 0.6) is 0 Å². The Hall–Kier alpha value is -0.120. The molecule has 0 aliphatic rings. The average Bonchev–Trinajstić information content (AvgIpc) is 1.87. The van der Waals surface area contributed by atoms with E-state index < -0.39 is 0 Å². The molecule has 0 rings (SSSR count). The summed E-state index contributed by atoms with van der Waals surface area (Å²) in [6.07, 6.45) is 0.0740. The number of nitrogens with two attached hydrogens (primary N) is 1. The van der Waals surface area contributed by atoms with E-state index in [0.717, 1.165) is 0 Å². The van der Waals surface area contributed by atoms with Gasteiger partial charge in [0.2, 0.25) is 0 Å². The highest BCUT2D eigenvalue weighted by molar-refractivity contribution is 4.66. The third-order valence-electron chi connectivity index (χ3n) is 1.33. The number of ether oxygens (including phenoxy) is 2. The van der Waals surface area contributed by atoms with E-state index in [9.17, 15) is 0 Å². The lowest BCUT2D eigenvalue weighted by molar-refractivity contribution is 0.0600. The van der Waals surface area contributed by atoms with Gasteiger partial charge in [-0.2, -0.15) is 0 Å². The van der Waals surface area contributed by atoms with Crippen molar-refractivity contribution in [3.63, 3.8) is 0 Å². The van der Waals surface area contributed by atoms with E-state index in [1.165, 1.54) is 0 Å². The summed E-state index contributed by atoms with van der Waals surface area (Å²) in [6.45, 7) is 2.47. The molecule has 56 valence electrons. The molecule has 0 fully saturated rings. The van der Waals surface area contributed by atoms with Crippen molar-refractivity contribution in [3.05, 3.63) is 0 Å². The fourth-order valence-electron chi connectivity index (χ4n) is 0.503. The second-order valence-electron chi connectivity index (χ2n) is 2.06. The third kappa shape index (κ3) is 3.46. The summed E-state index contributed by atoms with van der Waals surface area (Å²) in [6, 6.07) is -0.0139. The summed E-state index contributed by atoms with van der Waals surface area (Å²) < 4.78 is 9.78. The van der Waals surface area contributed by atoms with Crippen LogP contribution in [0.2, 0.25) is 0 Å². The van der Waals surface area contributed by atoms with Crippen LogP contribution in [-0.4, -0.2) is 33.0 Å². The van der Waals surface area contributed by atoms with Gasteiger partial charge < -0.3 is 15.2 Å². The molecule has 0 heterocycles. The van der Waals surface area contributed by atoms with Gasteiger partial charge in [-0.05, 0) is 6.92 Å². The van der Waals surface area contributed by atoms with Gasteiger partial charge in [-0.1, -0.05) is 0 Å². The largest absolute Gasteiger partial charge is 0.383 e. The summed E-state index contributed by atoms with van der Waals surface area (Å²) in [4.78, 5) is 0. The maximum absolute atomic E-state index is 5.59. The molecule has 0 spiro atoms. The van der Waals surface area contributed by atoms with Crippen LogP contribution in [0.4, 0.5) is 0 Å². The van der Waals surface area contributed by atoms with Crippen LogP contribution < -0.4 is 5.73 Å². The first-order valence-corrected chi connectivity index (χ1v) is 2.99. The molecule has 2 unspecified atom stereocenters. The number of rotatable bonds is 4. The maximum atomic E-state index is 5.59. The fraction of sp³-hybridized carbons (Fsp3) is 1.00. The van der Waals surface area contributed by atoms with Gasteiger partial charge in [0, 0.05) is 14.2 Å². The van der Waals surface area contributed by atoms with Crippen LogP contribution in [-0.2, 0) is 9.47 Å². The van der Waals surface area contributed by atoms with Gasteiger partial charge in [0.25, 0.3) is 0 Å². The molecular weight excluding hydrogens is 118 g/mol. The molecule has 3 heteroatoms.